The van der Waals surface area contributed by atoms with E-state index in [9.17, 15) is 14.4 Å². The van der Waals surface area contributed by atoms with Crippen molar-refractivity contribution in [1.82, 2.24) is 4.90 Å². The average molecular weight is 270 g/mol. The fourth-order valence-corrected chi connectivity index (χ4v) is 1.94. The summed E-state index contributed by atoms with van der Waals surface area (Å²) >= 11 is 1.18. The number of rotatable bonds is 4. The first-order valence-electron chi connectivity index (χ1n) is 5.13. The summed E-state index contributed by atoms with van der Waals surface area (Å²) in [5, 5.41) is 4.25. The summed E-state index contributed by atoms with van der Waals surface area (Å²) < 4.78 is 4.59. The zero-order valence-electron chi connectivity index (χ0n) is 10.4. The molecule has 98 valence electrons. The van der Waals surface area contributed by atoms with Crippen LogP contribution < -0.4 is 5.32 Å². The molecular formula is C11H14N2O4S. The highest BCUT2D eigenvalue weighted by atomic mass is 32.1. The predicted octanol–water partition coefficient (Wildman–Crippen LogP) is 0.952. The quantitative estimate of drug-likeness (QED) is 0.827. The Kier molecular flexibility index (Phi) is 4.85. The number of anilines is 1. The molecule has 0 bridgehead atoms. The number of carbonyl (C=O) groups is 3. The van der Waals surface area contributed by atoms with E-state index in [2.05, 4.69) is 10.1 Å². The van der Waals surface area contributed by atoms with Crippen molar-refractivity contribution in [3.8, 4) is 0 Å². The lowest BCUT2D eigenvalue weighted by Crippen LogP contribution is -2.33. The van der Waals surface area contributed by atoms with Gasteiger partial charge in [0.25, 0.3) is 0 Å². The molecule has 0 saturated heterocycles. The van der Waals surface area contributed by atoms with Crippen molar-refractivity contribution < 1.29 is 19.1 Å². The van der Waals surface area contributed by atoms with Crippen LogP contribution in [0.4, 0.5) is 5.69 Å². The van der Waals surface area contributed by atoms with Gasteiger partial charge in [-0.3, -0.25) is 9.59 Å². The van der Waals surface area contributed by atoms with Gasteiger partial charge < -0.3 is 15.0 Å². The number of hydrogen-bond donors (Lipinski definition) is 1. The van der Waals surface area contributed by atoms with Gasteiger partial charge in [-0.05, 0) is 11.4 Å². The van der Waals surface area contributed by atoms with E-state index >= 15 is 0 Å². The molecule has 0 spiro atoms. The second kappa shape index (κ2) is 6.15. The summed E-state index contributed by atoms with van der Waals surface area (Å²) in [7, 11) is 2.80. The van der Waals surface area contributed by atoms with Gasteiger partial charge in [-0.25, -0.2) is 4.79 Å². The van der Waals surface area contributed by atoms with Crippen LogP contribution in [-0.2, 0) is 14.3 Å². The van der Waals surface area contributed by atoms with Gasteiger partial charge in [-0.15, -0.1) is 11.3 Å². The van der Waals surface area contributed by atoms with Gasteiger partial charge in [-0.1, -0.05) is 0 Å². The Morgan fingerprint density at radius 1 is 1.44 bits per heavy atom. The number of nitrogens with zero attached hydrogens (tertiary/aromatic N) is 1. The molecule has 0 radical (unpaired) electrons. The fraction of sp³-hybridized carbons (Fsp3) is 0.364. The van der Waals surface area contributed by atoms with Gasteiger partial charge in [0.1, 0.15) is 4.88 Å². The fourth-order valence-electron chi connectivity index (χ4n) is 1.17. The molecule has 0 fully saturated rings. The molecule has 1 heterocycles. The largest absolute Gasteiger partial charge is 0.465 e. The smallest absolute Gasteiger partial charge is 0.350 e. The summed E-state index contributed by atoms with van der Waals surface area (Å²) in [5.41, 5.74) is 0.397. The first kappa shape index (κ1) is 14.2. The van der Waals surface area contributed by atoms with Gasteiger partial charge in [-0.2, -0.15) is 0 Å². The van der Waals surface area contributed by atoms with Gasteiger partial charge >= 0.3 is 5.97 Å². The van der Waals surface area contributed by atoms with Crippen LogP contribution in [0.1, 0.15) is 16.6 Å². The lowest BCUT2D eigenvalue weighted by atomic mass is 10.3. The molecule has 0 aliphatic rings. The number of methoxy groups -OCH3 is 1. The molecule has 0 unspecified atom stereocenters. The Labute approximate surface area is 109 Å². The second-order valence-electron chi connectivity index (χ2n) is 3.58. The summed E-state index contributed by atoms with van der Waals surface area (Å²) in [5.74, 6) is -1.07. The first-order valence-corrected chi connectivity index (χ1v) is 6.01. The van der Waals surface area contributed by atoms with Crippen molar-refractivity contribution in [1.29, 1.82) is 0 Å². The third kappa shape index (κ3) is 3.56. The van der Waals surface area contributed by atoms with Gasteiger partial charge in [0.15, 0.2) is 0 Å². The highest BCUT2D eigenvalue weighted by Gasteiger charge is 2.16. The molecule has 7 heteroatoms. The van der Waals surface area contributed by atoms with Crippen LogP contribution in [0.15, 0.2) is 11.4 Å². The number of ether oxygens (including phenoxy) is 1. The van der Waals surface area contributed by atoms with Crippen molar-refractivity contribution in [2.75, 3.05) is 26.0 Å². The van der Waals surface area contributed by atoms with Crippen LogP contribution in [0.25, 0.3) is 0 Å². The van der Waals surface area contributed by atoms with Crippen LogP contribution in [0.5, 0.6) is 0 Å². The molecule has 2 amide bonds. The van der Waals surface area contributed by atoms with E-state index in [1.807, 2.05) is 0 Å². The van der Waals surface area contributed by atoms with E-state index < -0.39 is 5.97 Å². The van der Waals surface area contributed by atoms with Gasteiger partial charge in [0, 0.05) is 14.0 Å². The second-order valence-corrected chi connectivity index (χ2v) is 4.49. The van der Waals surface area contributed by atoms with Crippen LogP contribution >= 0.6 is 11.3 Å². The molecule has 0 aromatic carbocycles. The Bertz CT molecular complexity index is 469. The molecule has 0 atom stereocenters. The highest BCUT2D eigenvalue weighted by molar-refractivity contribution is 7.12. The maximum Gasteiger partial charge on any atom is 0.350 e. The summed E-state index contributed by atoms with van der Waals surface area (Å²) in [6.45, 7) is 1.31. The summed E-state index contributed by atoms with van der Waals surface area (Å²) in [4.78, 5) is 35.6. The maximum absolute atomic E-state index is 11.6. The van der Waals surface area contributed by atoms with Crippen molar-refractivity contribution in [2.24, 2.45) is 0 Å². The molecule has 0 aliphatic carbocycles. The minimum absolute atomic E-state index is 0.0637. The van der Waals surface area contributed by atoms with Crippen molar-refractivity contribution in [2.45, 2.75) is 6.92 Å². The molecular weight excluding hydrogens is 256 g/mol. The number of likely N-dealkylation sites (N-methyl/N-ethyl adjacent to an activating group) is 1. The SMILES string of the molecule is COC(=O)c1sccc1NC(=O)CN(C)C(C)=O. The number of hydrogen-bond acceptors (Lipinski definition) is 5. The normalized spacial score (nSPS) is 9.72. The number of thiophene rings is 1. The van der Waals surface area contributed by atoms with E-state index in [1.165, 1.54) is 37.3 Å². The lowest BCUT2D eigenvalue weighted by molar-refractivity contribution is -0.131. The van der Waals surface area contributed by atoms with E-state index in [0.29, 0.717) is 10.6 Å². The lowest BCUT2D eigenvalue weighted by Gasteiger charge is -2.14. The van der Waals surface area contributed by atoms with E-state index in [4.69, 9.17) is 0 Å². The number of esters is 1. The van der Waals surface area contributed by atoms with Gasteiger partial charge in [0.2, 0.25) is 11.8 Å². The molecule has 0 aliphatic heterocycles. The molecule has 1 aromatic heterocycles. The van der Waals surface area contributed by atoms with Crippen LogP contribution in [0, 0.1) is 0 Å². The monoisotopic (exact) mass is 270 g/mol. The molecule has 18 heavy (non-hydrogen) atoms. The maximum atomic E-state index is 11.6. The van der Waals surface area contributed by atoms with Crippen molar-refractivity contribution in [3.05, 3.63) is 16.3 Å². The van der Waals surface area contributed by atoms with Crippen LogP contribution in [-0.4, -0.2) is 43.4 Å². The Morgan fingerprint density at radius 2 is 2.11 bits per heavy atom. The number of amides is 2. The molecule has 0 saturated carbocycles. The van der Waals surface area contributed by atoms with E-state index in [1.54, 1.807) is 11.4 Å². The van der Waals surface area contributed by atoms with Crippen molar-refractivity contribution in [3.63, 3.8) is 0 Å². The standard InChI is InChI=1S/C11H14N2O4S/c1-7(14)13(2)6-9(15)12-8-4-5-18-10(8)11(16)17-3/h4-5H,6H2,1-3H3,(H,12,15). The average Bonchev–Trinajstić information content (AvgIpc) is 2.75. The Morgan fingerprint density at radius 3 is 2.67 bits per heavy atom. The molecule has 1 rings (SSSR count). The third-order valence-corrected chi connectivity index (χ3v) is 3.12. The molecule has 1 aromatic rings. The minimum Gasteiger partial charge on any atom is -0.465 e. The Balaban J connectivity index is 2.68. The van der Waals surface area contributed by atoms with Gasteiger partial charge in [0.05, 0.1) is 19.3 Å². The first-order chi connectivity index (χ1) is 8.45. The van der Waals surface area contributed by atoms with E-state index in [-0.39, 0.29) is 18.4 Å². The highest BCUT2D eigenvalue weighted by Crippen LogP contribution is 2.22. The number of carbonyl (C=O) groups excluding carboxylic acids is 3. The van der Waals surface area contributed by atoms with Crippen molar-refractivity contribution >= 4 is 34.8 Å². The number of nitrogens with one attached hydrogen (secondary N) is 1. The van der Waals surface area contributed by atoms with E-state index in [0.717, 1.165) is 0 Å². The van der Waals surface area contributed by atoms with Crippen LogP contribution in [0.3, 0.4) is 0 Å². The predicted molar refractivity (Wildman–Crippen MR) is 67.6 cm³/mol. The zero-order chi connectivity index (χ0) is 13.7. The van der Waals surface area contributed by atoms with Crippen LogP contribution in [0.2, 0.25) is 0 Å². The summed E-state index contributed by atoms with van der Waals surface area (Å²) in [6, 6.07) is 1.61. The molecule has 1 N–H and O–H groups in total. The minimum atomic E-state index is -0.500. The third-order valence-electron chi connectivity index (χ3n) is 2.23. The summed E-state index contributed by atoms with van der Waals surface area (Å²) in [6.07, 6.45) is 0. The Hall–Kier alpha value is -1.89. The topological polar surface area (TPSA) is 75.7 Å². The zero-order valence-corrected chi connectivity index (χ0v) is 11.2. The molecule has 6 nitrogen and oxygen atoms in total.